The van der Waals surface area contributed by atoms with Crippen LogP contribution in [0.3, 0.4) is 0 Å². The molecule has 1 heterocycles. The molecule has 1 aliphatic rings. The number of ether oxygens (including phenoxy) is 1. The molecule has 122 valence electrons. The van der Waals surface area contributed by atoms with Gasteiger partial charge in [0.1, 0.15) is 6.04 Å². The second kappa shape index (κ2) is 7.82. The number of hydrogen-bond acceptors (Lipinski definition) is 6. The Labute approximate surface area is 138 Å². The topological polar surface area (TPSA) is 88.0 Å². The molecule has 23 heavy (non-hydrogen) atoms. The number of esters is 1. The van der Waals surface area contributed by atoms with Gasteiger partial charge in [0.15, 0.2) is 5.17 Å². The molecule has 0 bridgehead atoms. The zero-order valence-electron chi connectivity index (χ0n) is 12.9. The highest BCUT2D eigenvalue weighted by Crippen LogP contribution is 2.32. The van der Waals surface area contributed by atoms with Gasteiger partial charge in [0.05, 0.1) is 17.9 Å². The number of allylic oxidation sites excluding steroid dienone is 1. The fourth-order valence-electron chi connectivity index (χ4n) is 2.20. The highest BCUT2D eigenvalue weighted by Gasteiger charge is 2.30. The van der Waals surface area contributed by atoms with Gasteiger partial charge in [-0.25, -0.2) is 9.79 Å². The SMILES string of the molecule is CCOC(=O)C1=C(C)NC(SCC(=O)O)=N[C@@H]1c1ccccc1. The monoisotopic (exact) mass is 334 g/mol. The molecule has 0 amide bonds. The second-order valence-corrected chi connectivity index (χ2v) is 5.78. The van der Waals surface area contributed by atoms with Crippen molar-refractivity contribution >= 4 is 28.9 Å². The van der Waals surface area contributed by atoms with Gasteiger partial charge in [-0.05, 0) is 19.4 Å². The van der Waals surface area contributed by atoms with Crippen molar-refractivity contribution in [2.24, 2.45) is 4.99 Å². The third kappa shape index (κ3) is 4.35. The molecule has 0 radical (unpaired) electrons. The Morgan fingerprint density at radius 3 is 2.65 bits per heavy atom. The number of aliphatic carboxylic acids is 1. The van der Waals surface area contributed by atoms with Crippen LogP contribution in [0.2, 0.25) is 0 Å². The number of hydrogen-bond donors (Lipinski definition) is 2. The maximum atomic E-state index is 12.3. The number of carboxylic acids is 1. The molecule has 0 aliphatic carbocycles. The van der Waals surface area contributed by atoms with E-state index in [0.29, 0.717) is 16.4 Å². The van der Waals surface area contributed by atoms with Gasteiger partial charge < -0.3 is 15.2 Å². The first-order valence-corrected chi connectivity index (χ1v) is 8.13. The van der Waals surface area contributed by atoms with Crippen LogP contribution in [0.25, 0.3) is 0 Å². The van der Waals surface area contributed by atoms with Gasteiger partial charge in [-0.15, -0.1) is 0 Å². The maximum Gasteiger partial charge on any atom is 0.338 e. The normalized spacial score (nSPS) is 17.3. The van der Waals surface area contributed by atoms with Crippen molar-refractivity contribution in [1.82, 2.24) is 5.32 Å². The lowest BCUT2D eigenvalue weighted by molar-refractivity contribution is -0.139. The van der Waals surface area contributed by atoms with Crippen molar-refractivity contribution in [3.63, 3.8) is 0 Å². The fraction of sp³-hybridized carbons (Fsp3) is 0.312. The molecular formula is C16H18N2O4S. The largest absolute Gasteiger partial charge is 0.481 e. The van der Waals surface area contributed by atoms with E-state index in [1.165, 1.54) is 0 Å². The summed E-state index contributed by atoms with van der Waals surface area (Å²) >= 11 is 1.09. The summed E-state index contributed by atoms with van der Waals surface area (Å²) < 4.78 is 5.13. The lowest BCUT2D eigenvalue weighted by atomic mass is 9.97. The van der Waals surface area contributed by atoms with Crippen molar-refractivity contribution < 1.29 is 19.4 Å². The molecular weight excluding hydrogens is 316 g/mol. The molecule has 0 spiro atoms. The molecule has 0 fully saturated rings. The summed E-state index contributed by atoms with van der Waals surface area (Å²) in [5, 5.41) is 12.3. The molecule has 7 heteroatoms. The van der Waals surface area contributed by atoms with Crippen molar-refractivity contribution in [3.8, 4) is 0 Å². The molecule has 2 N–H and O–H groups in total. The Morgan fingerprint density at radius 2 is 2.04 bits per heavy atom. The number of benzene rings is 1. The minimum Gasteiger partial charge on any atom is -0.481 e. The molecule has 1 aromatic carbocycles. The van der Waals surface area contributed by atoms with Crippen molar-refractivity contribution in [3.05, 3.63) is 47.2 Å². The maximum absolute atomic E-state index is 12.3. The predicted octanol–water partition coefficient (Wildman–Crippen LogP) is 2.34. The summed E-state index contributed by atoms with van der Waals surface area (Å²) in [7, 11) is 0. The quantitative estimate of drug-likeness (QED) is 0.804. The predicted molar refractivity (Wildman–Crippen MR) is 89.2 cm³/mol. The Bertz CT molecular complexity index is 655. The van der Waals surface area contributed by atoms with Gasteiger partial charge in [-0.3, -0.25) is 4.79 Å². The zero-order chi connectivity index (χ0) is 16.8. The number of carboxylic acid groups (broad SMARTS) is 1. The first-order valence-electron chi connectivity index (χ1n) is 7.15. The van der Waals surface area contributed by atoms with Crippen molar-refractivity contribution in [2.75, 3.05) is 12.4 Å². The summed E-state index contributed by atoms with van der Waals surface area (Å²) in [4.78, 5) is 27.5. The number of nitrogens with zero attached hydrogens (tertiary/aromatic N) is 1. The van der Waals surface area contributed by atoms with E-state index in [1.807, 2.05) is 30.3 Å². The third-order valence-corrected chi connectivity index (χ3v) is 4.03. The number of carbonyl (C=O) groups is 2. The van der Waals surface area contributed by atoms with E-state index in [0.717, 1.165) is 17.3 Å². The van der Waals surface area contributed by atoms with Gasteiger partial charge in [-0.1, -0.05) is 42.1 Å². The second-order valence-electron chi connectivity index (χ2n) is 4.81. The van der Waals surface area contributed by atoms with Crippen LogP contribution >= 0.6 is 11.8 Å². The van der Waals surface area contributed by atoms with Gasteiger partial charge in [0.2, 0.25) is 0 Å². The van der Waals surface area contributed by atoms with Crippen LogP contribution < -0.4 is 5.32 Å². The van der Waals surface area contributed by atoms with E-state index in [2.05, 4.69) is 10.3 Å². The standard InChI is InChI=1S/C16H18N2O4S/c1-3-22-15(21)13-10(2)17-16(23-9-12(19)20)18-14(13)11-7-5-4-6-8-11/h4-8,14H,3,9H2,1-2H3,(H,17,18)(H,19,20)/t14-/m1/s1. The molecule has 1 aromatic rings. The molecule has 1 atom stereocenters. The Morgan fingerprint density at radius 1 is 1.35 bits per heavy atom. The lowest BCUT2D eigenvalue weighted by Gasteiger charge is -2.25. The first kappa shape index (κ1) is 17.1. The van der Waals surface area contributed by atoms with E-state index in [9.17, 15) is 9.59 Å². The van der Waals surface area contributed by atoms with Crippen LogP contribution in [0.5, 0.6) is 0 Å². The highest BCUT2D eigenvalue weighted by molar-refractivity contribution is 8.14. The van der Waals surface area contributed by atoms with E-state index in [-0.39, 0.29) is 12.4 Å². The number of rotatable bonds is 5. The van der Waals surface area contributed by atoms with E-state index >= 15 is 0 Å². The van der Waals surface area contributed by atoms with Crippen LogP contribution in [0, 0.1) is 0 Å². The molecule has 0 saturated heterocycles. The molecule has 2 rings (SSSR count). The van der Waals surface area contributed by atoms with Crippen molar-refractivity contribution in [1.29, 1.82) is 0 Å². The minimum absolute atomic E-state index is 0.102. The molecule has 6 nitrogen and oxygen atoms in total. The molecule has 0 aromatic heterocycles. The molecule has 0 saturated carbocycles. The number of amidine groups is 1. The first-order chi connectivity index (χ1) is 11.0. The average molecular weight is 334 g/mol. The summed E-state index contributed by atoms with van der Waals surface area (Å²) in [5.74, 6) is -1.44. The number of carbonyl (C=O) groups excluding carboxylic acids is 1. The van der Waals surface area contributed by atoms with E-state index in [4.69, 9.17) is 9.84 Å². The Balaban J connectivity index is 2.35. The highest BCUT2D eigenvalue weighted by atomic mass is 32.2. The average Bonchev–Trinajstić information content (AvgIpc) is 2.53. The number of nitrogens with one attached hydrogen (secondary N) is 1. The van der Waals surface area contributed by atoms with Gasteiger partial charge >= 0.3 is 11.9 Å². The fourth-order valence-corrected chi connectivity index (χ4v) is 2.87. The van der Waals surface area contributed by atoms with Crippen LogP contribution in [0.15, 0.2) is 46.6 Å². The summed E-state index contributed by atoms with van der Waals surface area (Å²) in [6.07, 6.45) is 0. The van der Waals surface area contributed by atoms with Crippen molar-refractivity contribution in [2.45, 2.75) is 19.9 Å². The number of aliphatic imine (C=N–C) groups is 1. The summed E-state index contributed by atoms with van der Waals surface area (Å²) in [5.41, 5.74) is 1.92. The molecule has 1 aliphatic heterocycles. The summed E-state index contributed by atoms with van der Waals surface area (Å²) in [6, 6.07) is 8.88. The van der Waals surface area contributed by atoms with Gasteiger partial charge in [0.25, 0.3) is 0 Å². The minimum atomic E-state index is -0.923. The Kier molecular flexibility index (Phi) is 5.81. The Hall–Kier alpha value is -2.28. The summed E-state index contributed by atoms with van der Waals surface area (Å²) in [6.45, 7) is 3.79. The van der Waals surface area contributed by atoms with E-state index < -0.39 is 18.0 Å². The van der Waals surface area contributed by atoms with Gasteiger partial charge in [-0.2, -0.15) is 0 Å². The van der Waals surface area contributed by atoms with Crippen LogP contribution in [0.1, 0.15) is 25.5 Å². The van der Waals surface area contributed by atoms with Crippen LogP contribution in [-0.2, 0) is 14.3 Å². The van der Waals surface area contributed by atoms with Crippen LogP contribution in [-0.4, -0.2) is 34.6 Å². The van der Waals surface area contributed by atoms with Crippen LogP contribution in [0.4, 0.5) is 0 Å². The number of thioether (sulfide) groups is 1. The van der Waals surface area contributed by atoms with E-state index in [1.54, 1.807) is 13.8 Å². The zero-order valence-corrected chi connectivity index (χ0v) is 13.7. The van der Waals surface area contributed by atoms with Gasteiger partial charge in [0, 0.05) is 5.70 Å². The lowest BCUT2D eigenvalue weighted by Crippen LogP contribution is -2.31. The third-order valence-electron chi connectivity index (χ3n) is 3.16. The smallest absolute Gasteiger partial charge is 0.338 e. The molecule has 0 unspecified atom stereocenters.